The number of amides is 2. The maximum Gasteiger partial charge on any atom is 0.315 e. The molecule has 3 unspecified atom stereocenters. The second-order valence-corrected chi connectivity index (χ2v) is 7.92. The van der Waals surface area contributed by atoms with Crippen LogP contribution in [0.15, 0.2) is 0 Å². The van der Waals surface area contributed by atoms with Gasteiger partial charge in [-0.1, -0.05) is 25.7 Å². The van der Waals surface area contributed by atoms with E-state index in [1.54, 1.807) is 0 Å². The lowest BCUT2D eigenvalue weighted by Crippen LogP contribution is -2.69. The van der Waals surface area contributed by atoms with Crippen LogP contribution in [-0.4, -0.2) is 42.0 Å². The third-order valence-corrected chi connectivity index (χ3v) is 6.68. The van der Waals surface area contributed by atoms with Gasteiger partial charge < -0.3 is 20.5 Å². The van der Waals surface area contributed by atoms with Crippen LogP contribution < -0.4 is 10.6 Å². The maximum atomic E-state index is 12.3. The van der Waals surface area contributed by atoms with E-state index in [1.807, 2.05) is 0 Å². The Morgan fingerprint density at radius 3 is 2.55 bits per heavy atom. The first kappa shape index (κ1) is 14.8. The first-order valence-electron chi connectivity index (χ1n) is 9.01. The number of fused-ring (bicyclic) bond motifs is 2. The van der Waals surface area contributed by atoms with E-state index in [2.05, 4.69) is 10.6 Å². The van der Waals surface area contributed by atoms with Crippen molar-refractivity contribution in [1.82, 2.24) is 10.6 Å². The fourth-order valence-corrected chi connectivity index (χ4v) is 5.55. The summed E-state index contributed by atoms with van der Waals surface area (Å²) >= 11 is 0. The summed E-state index contributed by atoms with van der Waals surface area (Å²) in [4.78, 5) is 12.3. The van der Waals surface area contributed by atoms with E-state index in [0.29, 0.717) is 18.6 Å². The number of aliphatic hydroxyl groups is 1. The van der Waals surface area contributed by atoms with E-state index in [1.165, 1.54) is 25.7 Å². The third-order valence-electron chi connectivity index (χ3n) is 6.68. The minimum Gasteiger partial charge on any atom is -0.388 e. The third kappa shape index (κ3) is 2.24. The van der Waals surface area contributed by atoms with Crippen LogP contribution in [-0.2, 0) is 4.74 Å². The summed E-state index contributed by atoms with van der Waals surface area (Å²) in [5.41, 5.74) is -0.482. The molecule has 3 atom stereocenters. The average molecular weight is 308 g/mol. The van der Waals surface area contributed by atoms with Gasteiger partial charge in [0.15, 0.2) is 0 Å². The summed E-state index contributed by atoms with van der Waals surface area (Å²) in [5.74, 6) is 0.499. The molecule has 5 heteroatoms. The van der Waals surface area contributed by atoms with Gasteiger partial charge in [-0.3, -0.25) is 0 Å². The topological polar surface area (TPSA) is 70.6 Å². The van der Waals surface area contributed by atoms with Crippen LogP contribution in [0.1, 0.15) is 57.8 Å². The number of ether oxygens (including phenoxy) is 1. The standard InChI is InChI=1S/C17H28N2O3/c20-15(18-11-16(21)6-1-2-7-16)19-13-12-5-10-22-14(12)17(13)8-3-4-9-17/h12-14,21H,1-11H2,(H2,18,19,20). The zero-order valence-electron chi connectivity index (χ0n) is 13.3. The number of hydrogen-bond acceptors (Lipinski definition) is 3. The SMILES string of the molecule is O=C(NCC1(O)CCCC1)NC1C2CCOC2C12CCCC2. The lowest BCUT2D eigenvalue weighted by atomic mass is 9.54. The largest absolute Gasteiger partial charge is 0.388 e. The Labute approximate surface area is 132 Å². The van der Waals surface area contributed by atoms with Crippen LogP contribution in [0.5, 0.6) is 0 Å². The van der Waals surface area contributed by atoms with E-state index >= 15 is 0 Å². The molecule has 0 aromatic rings. The zero-order valence-corrected chi connectivity index (χ0v) is 13.3. The molecule has 3 aliphatic carbocycles. The molecule has 4 aliphatic rings. The van der Waals surface area contributed by atoms with E-state index in [0.717, 1.165) is 38.7 Å². The van der Waals surface area contributed by atoms with Gasteiger partial charge in [-0.2, -0.15) is 0 Å². The Morgan fingerprint density at radius 1 is 1.14 bits per heavy atom. The number of hydrogen-bond donors (Lipinski definition) is 3. The van der Waals surface area contributed by atoms with E-state index < -0.39 is 5.60 Å². The van der Waals surface area contributed by atoms with Crippen molar-refractivity contribution in [2.45, 2.75) is 75.5 Å². The lowest BCUT2D eigenvalue weighted by Gasteiger charge is -2.56. The van der Waals surface area contributed by atoms with Crippen LogP contribution in [0.25, 0.3) is 0 Å². The van der Waals surface area contributed by atoms with Crippen LogP contribution in [0.2, 0.25) is 0 Å². The molecule has 1 spiro atoms. The summed E-state index contributed by atoms with van der Waals surface area (Å²) in [6, 6.07) is 0.155. The highest BCUT2D eigenvalue weighted by Gasteiger charge is 2.65. The van der Waals surface area contributed by atoms with E-state index in [9.17, 15) is 9.90 Å². The number of carbonyl (C=O) groups is 1. The Morgan fingerprint density at radius 2 is 1.82 bits per heavy atom. The van der Waals surface area contributed by atoms with E-state index in [4.69, 9.17) is 4.74 Å². The average Bonchev–Trinajstić information content (AvgIpc) is 3.22. The molecule has 1 heterocycles. The smallest absolute Gasteiger partial charge is 0.315 e. The molecule has 1 aliphatic heterocycles. The molecule has 0 radical (unpaired) electrons. The van der Waals surface area contributed by atoms with Gasteiger partial charge >= 0.3 is 6.03 Å². The van der Waals surface area contributed by atoms with Crippen molar-refractivity contribution in [3.05, 3.63) is 0 Å². The molecule has 0 aromatic heterocycles. The normalized spacial score (nSPS) is 37.8. The first-order chi connectivity index (χ1) is 10.6. The van der Waals surface area contributed by atoms with Crippen LogP contribution >= 0.6 is 0 Å². The zero-order chi connectivity index (χ0) is 15.2. The van der Waals surface area contributed by atoms with Gasteiger partial charge in [0.05, 0.1) is 11.7 Å². The molecule has 4 rings (SSSR count). The Kier molecular flexibility index (Phi) is 3.61. The number of nitrogens with one attached hydrogen (secondary N) is 2. The van der Waals surface area contributed by atoms with Gasteiger partial charge in [-0.05, 0) is 32.1 Å². The summed E-state index contributed by atoms with van der Waals surface area (Å²) < 4.78 is 5.95. The second kappa shape index (κ2) is 5.38. The molecule has 3 N–H and O–H groups in total. The fourth-order valence-electron chi connectivity index (χ4n) is 5.55. The monoisotopic (exact) mass is 308 g/mol. The second-order valence-electron chi connectivity index (χ2n) is 7.92. The predicted molar refractivity (Wildman–Crippen MR) is 82.5 cm³/mol. The Hall–Kier alpha value is -0.810. The van der Waals surface area contributed by atoms with Crippen molar-refractivity contribution < 1.29 is 14.6 Å². The quantitative estimate of drug-likeness (QED) is 0.746. The van der Waals surface area contributed by atoms with Crippen molar-refractivity contribution in [3.8, 4) is 0 Å². The molecule has 2 amide bonds. The van der Waals surface area contributed by atoms with Gasteiger partial charge in [0, 0.05) is 30.5 Å². The molecule has 0 bridgehead atoms. The Bertz CT molecular complexity index is 441. The van der Waals surface area contributed by atoms with Crippen LogP contribution in [0.4, 0.5) is 4.79 Å². The van der Waals surface area contributed by atoms with Crippen LogP contribution in [0.3, 0.4) is 0 Å². The summed E-state index contributed by atoms with van der Waals surface area (Å²) in [7, 11) is 0. The first-order valence-corrected chi connectivity index (χ1v) is 9.01. The van der Waals surface area contributed by atoms with E-state index in [-0.39, 0.29) is 17.5 Å². The summed E-state index contributed by atoms with van der Waals surface area (Å²) in [6.07, 6.45) is 10.1. The van der Waals surface area contributed by atoms with Crippen molar-refractivity contribution in [2.24, 2.45) is 11.3 Å². The molecule has 3 saturated carbocycles. The molecule has 22 heavy (non-hydrogen) atoms. The van der Waals surface area contributed by atoms with Gasteiger partial charge in [0.2, 0.25) is 0 Å². The highest BCUT2D eigenvalue weighted by atomic mass is 16.5. The highest BCUT2D eigenvalue weighted by Crippen LogP contribution is 2.60. The molecular weight excluding hydrogens is 280 g/mol. The lowest BCUT2D eigenvalue weighted by molar-refractivity contribution is -0.126. The molecule has 5 nitrogen and oxygen atoms in total. The molecular formula is C17H28N2O3. The molecule has 4 fully saturated rings. The fraction of sp³-hybridized carbons (Fsp3) is 0.941. The number of rotatable bonds is 3. The highest BCUT2D eigenvalue weighted by molar-refractivity contribution is 5.74. The molecule has 0 aromatic carbocycles. The maximum absolute atomic E-state index is 12.3. The van der Waals surface area contributed by atoms with Gasteiger partial charge in [0.1, 0.15) is 0 Å². The van der Waals surface area contributed by atoms with Crippen molar-refractivity contribution >= 4 is 6.03 Å². The number of urea groups is 1. The summed E-state index contributed by atoms with van der Waals surface area (Å²) in [6.45, 7) is 1.22. The molecule has 1 saturated heterocycles. The minimum atomic E-state index is -0.680. The van der Waals surface area contributed by atoms with Crippen molar-refractivity contribution in [2.75, 3.05) is 13.2 Å². The number of carbonyl (C=O) groups excluding carboxylic acids is 1. The Balaban J connectivity index is 1.35. The van der Waals surface area contributed by atoms with Gasteiger partial charge in [0.25, 0.3) is 0 Å². The predicted octanol–water partition coefficient (Wildman–Crippen LogP) is 1.94. The van der Waals surface area contributed by atoms with Crippen LogP contribution in [0, 0.1) is 11.3 Å². The minimum absolute atomic E-state index is 0.109. The van der Waals surface area contributed by atoms with Gasteiger partial charge in [-0.15, -0.1) is 0 Å². The van der Waals surface area contributed by atoms with Crippen molar-refractivity contribution in [1.29, 1.82) is 0 Å². The van der Waals surface area contributed by atoms with Gasteiger partial charge in [-0.25, -0.2) is 4.79 Å². The molecule has 124 valence electrons. The summed E-state index contributed by atoms with van der Waals surface area (Å²) in [5, 5.41) is 16.5. The van der Waals surface area contributed by atoms with Crippen molar-refractivity contribution in [3.63, 3.8) is 0 Å².